The molecule has 1 aliphatic heterocycles. The molecule has 1 saturated heterocycles. The van der Waals surface area contributed by atoms with Crippen molar-refractivity contribution in [2.45, 2.75) is 33.2 Å². The summed E-state index contributed by atoms with van der Waals surface area (Å²) < 4.78 is 0. The molecule has 0 radical (unpaired) electrons. The molecule has 1 rings (SSSR count). The molecular formula is C14H28N4O2. The van der Waals surface area contributed by atoms with Gasteiger partial charge in [0.05, 0.1) is 0 Å². The zero-order valence-corrected chi connectivity index (χ0v) is 13.3. The highest BCUT2D eigenvalue weighted by atomic mass is 16.2. The quantitative estimate of drug-likeness (QED) is 0.806. The lowest BCUT2D eigenvalue weighted by molar-refractivity contribution is -0.133. The summed E-state index contributed by atoms with van der Waals surface area (Å²) in [5.41, 5.74) is 5.98. The number of nitrogens with zero attached hydrogens (tertiary/aromatic N) is 3. The van der Waals surface area contributed by atoms with Crippen LogP contribution in [0.4, 0.5) is 4.79 Å². The highest BCUT2D eigenvalue weighted by Crippen LogP contribution is 2.20. The van der Waals surface area contributed by atoms with Gasteiger partial charge in [0, 0.05) is 52.7 Å². The number of urea groups is 1. The summed E-state index contributed by atoms with van der Waals surface area (Å²) in [4.78, 5) is 29.2. The van der Waals surface area contributed by atoms with Gasteiger partial charge in [0.15, 0.2) is 0 Å². The molecule has 116 valence electrons. The molecule has 1 heterocycles. The predicted molar refractivity (Wildman–Crippen MR) is 79.3 cm³/mol. The fourth-order valence-electron chi connectivity index (χ4n) is 2.05. The molecule has 1 unspecified atom stereocenters. The second-order valence-corrected chi connectivity index (χ2v) is 6.72. The fourth-order valence-corrected chi connectivity index (χ4v) is 2.05. The van der Waals surface area contributed by atoms with Crippen molar-refractivity contribution in [3.63, 3.8) is 0 Å². The number of hydrogen-bond acceptors (Lipinski definition) is 3. The Morgan fingerprint density at radius 1 is 1.10 bits per heavy atom. The van der Waals surface area contributed by atoms with E-state index < -0.39 is 0 Å². The molecule has 6 heteroatoms. The first kappa shape index (κ1) is 16.8. The Morgan fingerprint density at radius 3 is 1.95 bits per heavy atom. The van der Waals surface area contributed by atoms with Crippen molar-refractivity contribution in [2.75, 3.05) is 40.3 Å². The van der Waals surface area contributed by atoms with Crippen LogP contribution in [0.3, 0.4) is 0 Å². The van der Waals surface area contributed by atoms with Crippen molar-refractivity contribution in [3.8, 4) is 0 Å². The Balaban J connectivity index is 2.45. The Kier molecular flexibility index (Phi) is 5.39. The van der Waals surface area contributed by atoms with Gasteiger partial charge in [-0.2, -0.15) is 0 Å². The van der Waals surface area contributed by atoms with E-state index in [0.717, 1.165) is 0 Å². The average molecular weight is 284 g/mol. The SMILES string of the molecule is CN(C)C(=O)N1CCN(C(=O)CC(N)C(C)(C)C)CC1. The van der Waals surface area contributed by atoms with Crippen molar-refractivity contribution in [1.29, 1.82) is 0 Å². The Bertz CT molecular complexity index is 355. The molecule has 20 heavy (non-hydrogen) atoms. The Morgan fingerprint density at radius 2 is 1.55 bits per heavy atom. The van der Waals surface area contributed by atoms with Crippen LogP contribution in [0.2, 0.25) is 0 Å². The van der Waals surface area contributed by atoms with Crippen molar-refractivity contribution >= 4 is 11.9 Å². The molecule has 0 aliphatic carbocycles. The highest BCUT2D eigenvalue weighted by Gasteiger charge is 2.28. The van der Waals surface area contributed by atoms with Crippen LogP contribution in [-0.4, -0.2) is 73.0 Å². The largest absolute Gasteiger partial charge is 0.339 e. The minimum atomic E-state index is -0.142. The predicted octanol–water partition coefficient (Wildman–Crippen LogP) is 0.576. The third kappa shape index (κ3) is 4.37. The maximum absolute atomic E-state index is 12.2. The van der Waals surface area contributed by atoms with Crippen LogP contribution in [0.15, 0.2) is 0 Å². The molecule has 0 aromatic heterocycles. The lowest BCUT2D eigenvalue weighted by atomic mass is 9.85. The van der Waals surface area contributed by atoms with E-state index in [1.165, 1.54) is 0 Å². The summed E-state index contributed by atoms with van der Waals surface area (Å²) >= 11 is 0. The second kappa shape index (κ2) is 6.43. The smallest absolute Gasteiger partial charge is 0.319 e. The van der Waals surface area contributed by atoms with Gasteiger partial charge in [0.2, 0.25) is 5.91 Å². The minimum Gasteiger partial charge on any atom is -0.339 e. The zero-order valence-electron chi connectivity index (χ0n) is 13.3. The maximum Gasteiger partial charge on any atom is 0.319 e. The van der Waals surface area contributed by atoms with E-state index >= 15 is 0 Å². The molecule has 0 saturated carbocycles. The van der Waals surface area contributed by atoms with E-state index in [9.17, 15) is 9.59 Å². The number of nitrogens with two attached hydrogens (primary N) is 1. The Hall–Kier alpha value is -1.30. The van der Waals surface area contributed by atoms with E-state index in [1.54, 1.807) is 23.9 Å². The molecule has 2 N–H and O–H groups in total. The number of carbonyl (C=O) groups is 2. The number of rotatable bonds is 2. The number of carbonyl (C=O) groups excluding carboxylic acids is 2. The molecule has 1 atom stereocenters. The summed E-state index contributed by atoms with van der Waals surface area (Å²) in [5.74, 6) is 0.0874. The summed E-state index contributed by atoms with van der Waals surface area (Å²) in [6.45, 7) is 8.49. The van der Waals surface area contributed by atoms with Gasteiger partial charge in [0.1, 0.15) is 0 Å². The topological polar surface area (TPSA) is 69.9 Å². The third-order valence-electron chi connectivity index (χ3n) is 3.79. The molecule has 0 aromatic rings. The van der Waals surface area contributed by atoms with E-state index in [2.05, 4.69) is 0 Å². The van der Waals surface area contributed by atoms with Gasteiger partial charge in [-0.3, -0.25) is 4.79 Å². The molecule has 6 nitrogen and oxygen atoms in total. The van der Waals surface area contributed by atoms with Crippen LogP contribution >= 0.6 is 0 Å². The third-order valence-corrected chi connectivity index (χ3v) is 3.79. The van der Waals surface area contributed by atoms with Crippen molar-refractivity contribution in [1.82, 2.24) is 14.7 Å². The van der Waals surface area contributed by atoms with Gasteiger partial charge in [-0.05, 0) is 5.41 Å². The second-order valence-electron chi connectivity index (χ2n) is 6.72. The molecule has 0 bridgehead atoms. The first-order chi connectivity index (χ1) is 9.12. The number of hydrogen-bond donors (Lipinski definition) is 1. The van der Waals surface area contributed by atoms with Gasteiger partial charge >= 0.3 is 6.03 Å². The fraction of sp³-hybridized carbons (Fsp3) is 0.857. The van der Waals surface area contributed by atoms with Crippen LogP contribution in [0.25, 0.3) is 0 Å². The molecule has 1 fully saturated rings. The van der Waals surface area contributed by atoms with Gasteiger partial charge in [-0.1, -0.05) is 20.8 Å². The molecule has 0 aromatic carbocycles. The Labute approximate surface area is 121 Å². The molecule has 1 aliphatic rings. The van der Waals surface area contributed by atoms with Crippen molar-refractivity contribution in [3.05, 3.63) is 0 Å². The maximum atomic E-state index is 12.2. The normalized spacial score (nSPS) is 17.9. The zero-order chi connectivity index (χ0) is 15.5. The van der Waals surface area contributed by atoms with Gasteiger partial charge in [0.25, 0.3) is 0 Å². The lowest BCUT2D eigenvalue weighted by Gasteiger charge is -2.37. The first-order valence-corrected chi connectivity index (χ1v) is 7.12. The van der Waals surface area contributed by atoms with Crippen molar-refractivity contribution < 1.29 is 9.59 Å². The van der Waals surface area contributed by atoms with Gasteiger partial charge < -0.3 is 20.4 Å². The van der Waals surface area contributed by atoms with E-state index in [0.29, 0.717) is 32.6 Å². The van der Waals surface area contributed by atoms with Gasteiger partial charge in [-0.15, -0.1) is 0 Å². The summed E-state index contributed by atoms with van der Waals surface area (Å²) in [6, 6.07) is -0.139. The van der Waals surface area contributed by atoms with E-state index in [1.807, 2.05) is 25.7 Å². The summed E-state index contributed by atoms with van der Waals surface area (Å²) in [6.07, 6.45) is 0.366. The lowest BCUT2D eigenvalue weighted by Crippen LogP contribution is -2.53. The van der Waals surface area contributed by atoms with Crippen LogP contribution < -0.4 is 5.73 Å². The molecule has 0 spiro atoms. The van der Waals surface area contributed by atoms with Crippen LogP contribution in [0, 0.1) is 5.41 Å². The van der Waals surface area contributed by atoms with Gasteiger partial charge in [-0.25, -0.2) is 4.79 Å². The van der Waals surface area contributed by atoms with Crippen LogP contribution in [-0.2, 0) is 4.79 Å². The van der Waals surface area contributed by atoms with Crippen LogP contribution in [0.1, 0.15) is 27.2 Å². The summed E-state index contributed by atoms with van der Waals surface area (Å²) in [5, 5.41) is 0. The first-order valence-electron chi connectivity index (χ1n) is 7.12. The van der Waals surface area contributed by atoms with E-state index in [-0.39, 0.29) is 23.4 Å². The van der Waals surface area contributed by atoms with E-state index in [4.69, 9.17) is 5.73 Å². The van der Waals surface area contributed by atoms with Crippen molar-refractivity contribution in [2.24, 2.45) is 11.1 Å². The van der Waals surface area contributed by atoms with Crippen LogP contribution in [0.5, 0.6) is 0 Å². The molecular weight excluding hydrogens is 256 g/mol. The monoisotopic (exact) mass is 284 g/mol. The average Bonchev–Trinajstić information content (AvgIpc) is 2.36. The number of piperazine rings is 1. The highest BCUT2D eigenvalue weighted by molar-refractivity contribution is 5.78. The summed E-state index contributed by atoms with van der Waals surface area (Å²) in [7, 11) is 3.48. The standard InChI is InChI=1S/C14H28N4O2/c1-14(2,3)11(15)10-12(19)17-6-8-18(9-7-17)13(20)16(4)5/h11H,6-10,15H2,1-5H3. The molecule has 3 amide bonds. The number of amides is 3. The minimum absolute atomic E-state index is 0.00323.